The van der Waals surface area contributed by atoms with Crippen LogP contribution >= 0.6 is 0 Å². The van der Waals surface area contributed by atoms with Crippen molar-refractivity contribution in [3.63, 3.8) is 0 Å². The molecular weight excluding hydrogens is 500 g/mol. The van der Waals surface area contributed by atoms with Crippen LogP contribution in [0.4, 0.5) is 5.69 Å². The van der Waals surface area contributed by atoms with Crippen LogP contribution < -0.4 is 16.4 Å². The first-order valence-corrected chi connectivity index (χ1v) is 14.7. The van der Waals surface area contributed by atoms with Crippen LogP contribution in [0.15, 0.2) is 42.5 Å². The zero-order valence-electron chi connectivity index (χ0n) is 24.9. The number of aryl methyl sites for hydroxylation is 1. The normalized spacial score (nSPS) is 20.2. The third-order valence-corrected chi connectivity index (χ3v) is 8.30. The van der Waals surface area contributed by atoms with Crippen LogP contribution in [0.5, 0.6) is 0 Å². The van der Waals surface area contributed by atoms with Crippen LogP contribution in [-0.4, -0.2) is 34.7 Å². The van der Waals surface area contributed by atoms with Gasteiger partial charge in [-0.3, -0.25) is 14.4 Å². The number of amides is 3. The summed E-state index contributed by atoms with van der Waals surface area (Å²) in [5, 5.41) is 6.35. The molecule has 4 N–H and O–H groups in total. The Kier molecular flexibility index (Phi) is 8.91. The van der Waals surface area contributed by atoms with Gasteiger partial charge in [-0.2, -0.15) is 0 Å². The first-order chi connectivity index (χ1) is 18.8. The van der Waals surface area contributed by atoms with Gasteiger partial charge in [-0.25, -0.2) is 0 Å². The van der Waals surface area contributed by atoms with Crippen molar-refractivity contribution in [2.75, 3.05) is 5.73 Å². The molecule has 0 aromatic heterocycles. The monoisotopic (exact) mass is 546 g/mol. The van der Waals surface area contributed by atoms with E-state index in [4.69, 9.17) is 5.73 Å². The van der Waals surface area contributed by atoms with Crippen molar-refractivity contribution >= 4 is 23.4 Å². The third-order valence-electron chi connectivity index (χ3n) is 8.30. The summed E-state index contributed by atoms with van der Waals surface area (Å²) in [7, 11) is 0. The van der Waals surface area contributed by atoms with E-state index in [1.165, 1.54) is 5.56 Å². The Morgan fingerprint density at radius 1 is 1.02 bits per heavy atom. The van der Waals surface area contributed by atoms with E-state index in [9.17, 15) is 14.4 Å². The van der Waals surface area contributed by atoms with Gasteiger partial charge in [-0.15, -0.1) is 0 Å². The summed E-state index contributed by atoms with van der Waals surface area (Å²) in [6.07, 6.45) is 4.01. The molecule has 7 heteroatoms. The molecule has 216 valence electrons. The van der Waals surface area contributed by atoms with Crippen molar-refractivity contribution in [3.05, 3.63) is 64.7 Å². The Hall–Kier alpha value is -3.35. The number of fused-ring (bicyclic) bond motifs is 2. The molecule has 0 saturated heterocycles. The van der Waals surface area contributed by atoms with Crippen LogP contribution in [0, 0.1) is 17.3 Å². The Morgan fingerprint density at radius 2 is 1.75 bits per heavy atom. The number of nitrogens with one attached hydrogen (secondary N) is 2. The van der Waals surface area contributed by atoms with Gasteiger partial charge in [0.25, 0.3) is 0 Å². The van der Waals surface area contributed by atoms with E-state index in [2.05, 4.69) is 36.6 Å². The van der Waals surface area contributed by atoms with E-state index in [1.54, 1.807) is 4.90 Å². The minimum absolute atomic E-state index is 0.0859. The summed E-state index contributed by atoms with van der Waals surface area (Å²) in [6.45, 7) is 12.2. The number of hydrogen-bond donors (Lipinski definition) is 3. The standard InChI is InChI=1S/C33H46N4O3/c1-20(2)16-21(3)30(38)36-29(33(4,5)6)32(40)37-19-24-17-25(34)15-14-23(24)18-28(37)31(39)35-27-13-9-11-22-10-7-8-12-26(22)27/h7-8,10,12,14-15,17,20-21,27-29H,9,11,13,16,18-19,34H2,1-6H3,(H,35,39)(H,36,38)/t21-,27+,28-,29+/m0/s1. The van der Waals surface area contributed by atoms with Gasteiger partial charge in [-0.1, -0.05) is 71.9 Å². The number of nitrogen functional groups attached to an aromatic ring is 1. The molecule has 4 rings (SSSR count). The lowest BCUT2D eigenvalue weighted by Crippen LogP contribution is -2.61. The van der Waals surface area contributed by atoms with Gasteiger partial charge in [0.2, 0.25) is 17.7 Å². The van der Waals surface area contributed by atoms with E-state index in [-0.39, 0.29) is 36.2 Å². The van der Waals surface area contributed by atoms with Crippen molar-refractivity contribution < 1.29 is 14.4 Å². The fraction of sp³-hybridized carbons (Fsp3) is 0.545. The minimum atomic E-state index is -0.775. The molecule has 0 bridgehead atoms. The van der Waals surface area contributed by atoms with Crippen LogP contribution in [0.3, 0.4) is 0 Å². The van der Waals surface area contributed by atoms with Crippen molar-refractivity contribution in [1.29, 1.82) is 0 Å². The second kappa shape index (κ2) is 12.0. The minimum Gasteiger partial charge on any atom is -0.399 e. The summed E-state index contributed by atoms with van der Waals surface area (Å²) in [5.41, 5.74) is 10.5. The SMILES string of the molecule is CC(C)C[C@H](C)C(=O)N[C@H](C(=O)N1Cc2cc(N)ccc2C[C@H]1C(=O)N[C@@H]1CCCc2ccccc21)C(C)(C)C. The van der Waals surface area contributed by atoms with Crippen molar-refractivity contribution in [1.82, 2.24) is 15.5 Å². The number of carbonyl (C=O) groups excluding carboxylic acids is 3. The Bertz CT molecular complexity index is 1250. The first-order valence-electron chi connectivity index (χ1n) is 14.7. The van der Waals surface area contributed by atoms with E-state index in [0.717, 1.165) is 42.4 Å². The van der Waals surface area contributed by atoms with Gasteiger partial charge in [0.15, 0.2) is 0 Å². The Labute approximate surface area is 239 Å². The Balaban J connectivity index is 1.63. The fourth-order valence-electron chi connectivity index (χ4n) is 6.16. The van der Waals surface area contributed by atoms with Crippen LogP contribution in [0.1, 0.15) is 89.1 Å². The maximum atomic E-state index is 14.3. The summed E-state index contributed by atoms with van der Waals surface area (Å²) in [6, 6.07) is 12.4. The lowest BCUT2D eigenvalue weighted by atomic mass is 9.83. The van der Waals surface area contributed by atoms with Gasteiger partial charge >= 0.3 is 0 Å². The second-order valence-electron chi connectivity index (χ2n) is 13.2. The predicted octanol–water partition coefficient (Wildman–Crippen LogP) is 4.93. The van der Waals surface area contributed by atoms with E-state index < -0.39 is 17.5 Å². The molecule has 1 aliphatic carbocycles. The van der Waals surface area contributed by atoms with Crippen molar-refractivity contribution in [3.8, 4) is 0 Å². The highest BCUT2D eigenvalue weighted by Gasteiger charge is 2.43. The number of nitrogens with zero attached hydrogens (tertiary/aromatic N) is 1. The summed E-state index contributed by atoms with van der Waals surface area (Å²) in [4.78, 5) is 43.1. The highest BCUT2D eigenvalue weighted by molar-refractivity contribution is 5.93. The molecule has 0 saturated carbocycles. The van der Waals surface area contributed by atoms with Crippen LogP contribution in [0.25, 0.3) is 0 Å². The number of benzene rings is 2. The smallest absolute Gasteiger partial charge is 0.246 e. The number of carbonyl (C=O) groups is 3. The molecule has 40 heavy (non-hydrogen) atoms. The molecular formula is C33H46N4O3. The van der Waals surface area contributed by atoms with Gasteiger partial charge in [-0.05, 0) is 71.4 Å². The molecule has 1 aliphatic heterocycles. The van der Waals surface area contributed by atoms with E-state index in [1.807, 2.05) is 58.0 Å². The van der Waals surface area contributed by atoms with Crippen LogP contribution in [-0.2, 0) is 33.8 Å². The molecule has 1 heterocycles. The van der Waals surface area contributed by atoms with Gasteiger partial charge in [0, 0.05) is 24.6 Å². The average Bonchev–Trinajstić information content (AvgIpc) is 2.89. The summed E-state index contributed by atoms with van der Waals surface area (Å²) < 4.78 is 0. The van der Waals surface area contributed by atoms with Gasteiger partial charge in [0.1, 0.15) is 12.1 Å². The largest absolute Gasteiger partial charge is 0.399 e. The van der Waals surface area contributed by atoms with Gasteiger partial charge in [0.05, 0.1) is 6.04 Å². The second-order valence-corrected chi connectivity index (χ2v) is 13.2. The lowest BCUT2D eigenvalue weighted by molar-refractivity contribution is -0.147. The van der Waals surface area contributed by atoms with Gasteiger partial charge < -0.3 is 21.3 Å². The first kappa shape index (κ1) is 29.6. The molecule has 0 spiro atoms. The number of anilines is 1. The number of nitrogens with two attached hydrogens (primary N) is 1. The molecule has 2 aromatic rings. The molecule has 2 aliphatic rings. The molecule has 2 aromatic carbocycles. The van der Waals surface area contributed by atoms with Crippen molar-refractivity contribution in [2.24, 2.45) is 17.3 Å². The fourth-order valence-corrected chi connectivity index (χ4v) is 6.16. The maximum absolute atomic E-state index is 14.3. The van der Waals surface area contributed by atoms with Crippen molar-refractivity contribution in [2.45, 2.75) is 98.3 Å². The predicted molar refractivity (Wildman–Crippen MR) is 159 cm³/mol. The Morgan fingerprint density at radius 3 is 2.45 bits per heavy atom. The molecule has 4 atom stereocenters. The molecule has 7 nitrogen and oxygen atoms in total. The zero-order valence-corrected chi connectivity index (χ0v) is 24.9. The van der Waals surface area contributed by atoms with E-state index >= 15 is 0 Å². The van der Waals surface area contributed by atoms with E-state index in [0.29, 0.717) is 18.0 Å². The summed E-state index contributed by atoms with van der Waals surface area (Å²) >= 11 is 0. The number of rotatable bonds is 7. The molecule has 0 radical (unpaired) electrons. The molecule has 3 amide bonds. The highest BCUT2D eigenvalue weighted by Crippen LogP contribution is 2.32. The summed E-state index contributed by atoms with van der Waals surface area (Å²) in [5.74, 6) is -0.389. The molecule has 0 unspecified atom stereocenters. The lowest BCUT2D eigenvalue weighted by Gasteiger charge is -2.42. The highest BCUT2D eigenvalue weighted by atomic mass is 16.2. The average molecular weight is 547 g/mol. The maximum Gasteiger partial charge on any atom is 0.246 e. The number of hydrogen-bond acceptors (Lipinski definition) is 4. The molecule has 0 fully saturated rings. The third kappa shape index (κ3) is 6.68. The van der Waals surface area contributed by atoms with Crippen LogP contribution in [0.2, 0.25) is 0 Å². The topological polar surface area (TPSA) is 105 Å². The quantitative estimate of drug-likeness (QED) is 0.429. The zero-order chi connectivity index (χ0) is 29.2.